The number of hydrogen-bond donors (Lipinski definition) is 2. The lowest BCUT2D eigenvalue weighted by Gasteiger charge is -2.12. The maximum atomic E-state index is 6.07. The van der Waals surface area contributed by atoms with Gasteiger partial charge in [-0.05, 0) is 43.7 Å². The average Bonchev–Trinajstić information content (AvgIpc) is 2.57. The van der Waals surface area contributed by atoms with Crippen LogP contribution in [0.15, 0.2) is 48.7 Å². The van der Waals surface area contributed by atoms with E-state index in [4.69, 9.17) is 11.6 Å². The minimum absolute atomic E-state index is 0.558. The summed E-state index contributed by atoms with van der Waals surface area (Å²) >= 11 is 6.07. The second-order valence-electron chi connectivity index (χ2n) is 5.48. The highest BCUT2D eigenvalue weighted by molar-refractivity contribution is 6.30. The Morgan fingerprint density at radius 1 is 1.04 bits per heavy atom. The van der Waals surface area contributed by atoms with Crippen LogP contribution in [-0.4, -0.2) is 15.0 Å². The van der Waals surface area contributed by atoms with Gasteiger partial charge in [0.25, 0.3) is 0 Å². The molecule has 0 radical (unpaired) electrons. The predicted molar refractivity (Wildman–Crippen MR) is 97.8 cm³/mol. The van der Waals surface area contributed by atoms with E-state index in [1.54, 1.807) is 6.20 Å². The van der Waals surface area contributed by atoms with Crippen molar-refractivity contribution in [3.63, 3.8) is 0 Å². The summed E-state index contributed by atoms with van der Waals surface area (Å²) in [5.74, 6) is 1.28. The van der Waals surface area contributed by atoms with Gasteiger partial charge in [-0.1, -0.05) is 23.7 Å². The molecule has 0 unspecified atom stereocenters. The minimum Gasteiger partial charge on any atom is -0.349 e. The van der Waals surface area contributed by atoms with Gasteiger partial charge in [-0.15, -0.1) is 0 Å². The zero-order chi connectivity index (χ0) is 16.9. The summed E-state index contributed by atoms with van der Waals surface area (Å²) in [4.78, 5) is 13.2. The summed E-state index contributed by atoms with van der Waals surface area (Å²) in [6, 6.07) is 13.4. The SMILES string of the molecule is Cc1cc(Nc2cc(Cl)ccc2C)nc(NCc2ccccn2)n1. The highest BCUT2D eigenvalue weighted by Gasteiger charge is 2.05. The van der Waals surface area contributed by atoms with Crippen molar-refractivity contribution >= 4 is 29.1 Å². The van der Waals surface area contributed by atoms with E-state index in [0.717, 1.165) is 28.5 Å². The van der Waals surface area contributed by atoms with Crippen LogP contribution in [0.2, 0.25) is 5.02 Å². The molecule has 0 aliphatic rings. The molecule has 2 N–H and O–H groups in total. The Morgan fingerprint density at radius 2 is 1.92 bits per heavy atom. The van der Waals surface area contributed by atoms with Crippen molar-refractivity contribution in [2.75, 3.05) is 10.6 Å². The number of rotatable bonds is 5. The van der Waals surface area contributed by atoms with E-state index in [9.17, 15) is 0 Å². The van der Waals surface area contributed by atoms with E-state index in [1.807, 2.05) is 56.3 Å². The van der Waals surface area contributed by atoms with Crippen molar-refractivity contribution in [1.29, 1.82) is 0 Å². The van der Waals surface area contributed by atoms with Crippen LogP contribution >= 0.6 is 11.6 Å². The molecule has 0 fully saturated rings. The molecule has 1 aromatic carbocycles. The first-order valence-electron chi connectivity index (χ1n) is 7.63. The van der Waals surface area contributed by atoms with E-state index >= 15 is 0 Å². The van der Waals surface area contributed by atoms with E-state index < -0.39 is 0 Å². The molecule has 3 aromatic rings. The van der Waals surface area contributed by atoms with Gasteiger partial charge in [0.1, 0.15) is 5.82 Å². The number of aromatic nitrogens is 3. The Balaban J connectivity index is 1.77. The Bertz CT molecular complexity index is 836. The normalized spacial score (nSPS) is 10.5. The molecular formula is C18H18ClN5. The lowest BCUT2D eigenvalue weighted by molar-refractivity contribution is 0.991. The van der Waals surface area contributed by atoms with Crippen molar-refractivity contribution in [3.8, 4) is 0 Å². The van der Waals surface area contributed by atoms with Crippen LogP contribution in [-0.2, 0) is 6.54 Å². The number of anilines is 3. The molecule has 2 aromatic heterocycles. The molecule has 0 amide bonds. The molecule has 0 saturated carbocycles. The maximum absolute atomic E-state index is 6.07. The zero-order valence-corrected chi connectivity index (χ0v) is 14.3. The van der Waals surface area contributed by atoms with Gasteiger partial charge >= 0.3 is 0 Å². The molecular weight excluding hydrogens is 322 g/mol. The number of nitrogens with one attached hydrogen (secondary N) is 2. The standard InChI is InChI=1S/C18H18ClN5/c1-12-6-7-14(19)10-16(12)23-17-9-13(2)22-18(24-17)21-11-15-5-3-4-8-20-15/h3-10H,11H2,1-2H3,(H2,21,22,23,24). The fourth-order valence-electron chi connectivity index (χ4n) is 2.25. The summed E-state index contributed by atoms with van der Waals surface area (Å²) in [5, 5.41) is 7.19. The summed E-state index contributed by atoms with van der Waals surface area (Å²) < 4.78 is 0. The van der Waals surface area contributed by atoms with Gasteiger partial charge < -0.3 is 10.6 Å². The van der Waals surface area contributed by atoms with Crippen LogP contribution in [0.1, 0.15) is 17.0 Å². The summed E-state index contributed by atoms with van der Waals surface area (Å²) in [6.45, 7) is 4.52. The number of hydrogen-bond acceptors (Lipinski definition) is 5. The number of nitrogens with zero attached hydrogens (tertiary/aromatic N) is 3. The van der Waals surface area contributed by atoms with Gasteiger partial charge in [0.05, 0.1) is 12.2 Å². The molecule has 0 aliphatic heterocycles. The predicted octanol–water partition coefficient (Wildman–Crippen LogP) is 4.50. The highest BCUT2D eigenvalue weighted by Crippen LogP contribution is 2.24. The van der Waals surface area contributed by atoms with Crippen LogP contribution in [0.3, 0.4) is 0 Å². The second-order valence-corrected chi connectivity index (χ2v) is 5.91. The molecule has 122 valence electrons. The molecule has 0 atom stereocenters. The second kappa shape index (κ2) is 7.27. The third-order valence-corrected chi connectivity index (χ3v) is 3.71. The molecule has 3 rings (SSSR count). The lowest BCUT2D eigenvalue weighted by Crippen LogP contribution is -2.07. The van der Waals surface area contributed by atoms with E-state index in [2.05, 4.69) is 25.6 Å². The van der Waals surface area contributed by atoms with Crippen molar-refractivity contribution in [3.05, 3.63) is 70.6 Å². The van der Waals surface area contributed by atoms with Crippen molar-refractivity contribution in [2.45, 2.75) is 20.4 Å². The molecule has 6 heteroatoms. The van der Waals surface area contributed by atoms with Crippen LogP contribution < -0.4 is 10.6 Å². The zero-order valence-electron chi connectivity index (χ0n) is 13.5. The van der Waals surface area contributed by atoms with Gasteiger partial charge in [-0.3, -0.25) is 4.98 Å². The largest absolute Gasteiger partial charge is 0.349 e. The molecule has 2 heterocycles. The highest BCUT2D eigenvalue weighted by atomic mass is 35.5. The van der Waals surface area contributed by atoms with Gasteiger partial charge in [-0.25, -0.2) is 4.98 Å². The van der Waals surface area contributed by atoms with Crippen molar-refractivity contribution < 1.29 is 0 Å². The number of benzene rings is 1. The van der Waals surface area contributed by atoms with Gasteiger partial charge in [0.15, 0.2) is 0 Å². The Morgan fingerprint density at radius 3 is 2.71 bits per heavy atom. The minimum atomic E-state index is 0.558. The third kappa shape index (κ3) is 4.20. The third-order valence-electron chi connectivity index (χ3n) is 3.47. The topological polar surface area (TPSA) is 62.7 Å². The Hall–Kier alpha value is -2.66. The van der Waals surface area contributed by atoms with Crippen LogP contribution in [0.25, 0.3) is 0 Å². The van der Waals surface area contributed by atoms with Gasteiger partial charge in [0, 0.05) is 28.7 Å². The van der Waals surface area contributed by atoms with Gasteiger partial charge in [0.2, 0.25) is 5.95 Å². The first-order valence-corrected chi connectivity index (χ1v) is 8.00. The van der Waals surface area contributed by atoms with E-state index in [1.165, 1.54) is 0 Å². The fourth-order valence-corrected chi connectivity index (χ4v) is 2.42. The quantitative estimate of drug-likeness (QED) is 0.716. The Labute approximate surface area is 146 Å². The number of halogens is 1. The van der Waals surface area contributed by atoms with Crippen LogP contribution in [0.5, 0.6) is 0 Å². The molecule has 0 bridgehead atoms. The molecule has 0 saturated heterocycles. The number of pyridine rings is 1. The summed E-state index contributed by atoms with van der Waals surface area (Å²) in [5.41, 5.74) is 3.83. The van der Waals surface area contributed by atoms with Crippen LogP contribution in [0, 0.1) is 13.8 Å². The summed E-state index contributed by atoms with van der Waals surface area (Å²) in [7, 11) is 0. The molecule has 24 heavy (non-hydrogen) atoms. The average molecular weight is 340 g/mol. The maximum Gasteiger partial charge on any atom is 0.225 e. The van der Waals surface area contributed by atoms with Gasteiger partial charge in [-0.2, -0.15) is 4.98 Å². The first-order chi connectivity index (χ1) is 11.6. The smallest absolute Gasteiger partial charge is 0.225 e. The molecule has 0 spiro atoms. The van der Waals surface area contributed by atoms with Crippen LogP contribution in [0.4, 0.5) is 17.5 Å². The number of aryl methyl sites for hydroxylation is 2. The summed E-state index contributed by atoms with van der Waals surface area (Å²) in [6.07, 6.45) is 1.77. The fraction of sp³-hybridized carbons (Fsp3) is 0.167. The lowest BCUT2D eigenvalue weighted by atomic mass is 10.2. The van der Waals surface area contributed by atoms with E-state index in [-0.39, 0.29) is 0 Å². The van der Waals surface area contributed by atoms with Crippen molar-refractivity contribution in [2.24, 2.45) is 0 Å². The van der Waals surface area contributed by atoms with E-state index in [0.29, 0.717) is 17.5 Å². The molecule has 0 aliphatic carbocycles. The monoisotopic (exact) mass is 339 g/mol. The van der Waals surface area contributed by atoms with Crippen molar-refractivity contribution in [1.82, 2.24) is 15.0 Å². The molecule has 5 nitrogen and oxygen atoms in total. The Kier molecular flexibility index (Phi) is 4.91. The first kappa shape index (κ1) is 16.2.